The third-order valence-electron chi connectivity index (χ3n) is 1.53. The van der Waals surface area contributed by atoms with Crippen molar-refractivity contribution in [1.29, 1.82) is 5.26 Å². The molecule has 6 nitrogen and oxygen atoms in total. The van der Waals surface area contributed by atoms with Crippen LogP contribution in [0.1, 0.15) is 12.8 Å². The minimum absolute atomic E-state index is 0.118. The average molecular weight is 170 g/mol. The standard InChI is InChI=1S/C6H10N4O2/c7-3-5-12-9-8-10-4-1-2-6(10)11/h6,11H,1-2,4-5H2/b9-8-. The summed E-state index contributed by atoms with van der Waals surface area (Å²) >= 11 is 0. The lowest BCUT2D eigenvalue weighted by Gasteiger charge is -2.12. The monoisotopic (exact) mass is 170 g/mol. The smallest absolute Gasteiger partial charge is 0.204 e. The van der Waals surface area contributed by atoms with Crippen molar-refractivity contribution in [2.75, 3.05) is 13.2 Å². The topological polar surface area (TPSA) is 81.2 Å². The fraction of sp³-hybridized carbons (Fsp3) is 0.833. The van der Waals surface area contributed by atoms with Crippen LogP contribution in [0.5, 0.6) is 0 Å². The number of aliphatic hydroxyl groups excluding tert-OH is 1. The van der Waals surface area contributed by atoms with Crippen LogP contribution in [0.15, 0.2) is 10.5 Å². The molecule has 0 aromatic heterocycles. The van der Waals surface area contributed by atoms with Crippen LogP contribution in [0.3, 0.4) is 0 Å². The zero-order valence-corrected chi connectivity index (χ0v) is 6.55. The van der Waals surface area contributed by atoms with E-state index >= 15 is 0 Å². The van der Waals surface area contributed by atoms with Crippen molar-refractivity contribution < 1.29 is 9.94 Å². The van der Waals surface area contributed by atoms with Gasteiger partial charge < -0.3 is 9.94 Å². The number of nitrogens with zero attached hydrogens (tertiary/aromatic N) is 4. The molecule has 0 amide bonds. The summed E-state index contributed by atoms with van der Waals surface area (Å²) in [6.07, 6.45) is 1.05. The van der Waals surface area contributed by atoms with Crippen molar-refractivity contribution in [1.82, 2.24) is 5.01 Å². The molecule has 1 heterocycles. The van der Waals surface area contributed by atoms with Gasteiger partial charge in [-0.2, -0.15) is 5.26 Å². The van der Waals surface area contributed by atoms with Gasteiger partial charge in [0.25, 0.3) is 0 Å². The van der Waals surface area contributed by atoms with Crippen molar-refractivity contribution in [3.63, 3.8) is 0 Å². The number of nitriles is 1. The van der Waals surface area contributed by atoms with Gasteiger partial charge in [0.15, 0.2) is 0 Å². The Kier molecular flexibility index (Phi) is 3.29. The van der Waals surface area contributed by atoms with E-state index < -0.39 is 6.23 Å². The fourth-order valence-corrected chi connectivity index (χ4v) is 0.969. The number of aliphatic hydroxyl groups is 1. The highest BCUT2D eigenvalue weighted by Crippen LogP contribution is 2.14. The molecule has 0 bridgehead atoms. The van der Waals surface area contributed by atoms with E-state index in [9.17, 15) is 5.11 Å². The van der Waals surface area contributed by atoms with E-state index in [4.69, 9.17) is 5.26 Å². The number of hydrogen-bond acceptors (Lipinski definition) is 5. The molecule has 0 aliphatic carbocycles. The summed E-state index contributed by atoms with van der Waals surface area (Å²) < 4.78 is 0. The zero-order chi connectivity index (χ0) is 8.81. The molecule has 1 fully saturated rings. The first-order chi connectivity index (χ1) is 5.84. The molecule has 12 heavy (non-hydrogen) atoms. The summed E-state index contributed by atoms with van der Waals surface area (Å²) in [4.78, 5) is 4.44. The van der Waals surface area contributed by atoms with Crippen LogP contribution in [0.2, 0.25) is 0 Å². The quantitative estimate of drug-likeness (QED) is 0.373. The van der Waals surface area contributed by atoms with E-state index in [0.29, 0.717) is 13.0 Å². The molecule has 0 radical (unpaired) electrons. The molecule has 1 unspecified atom stereocenters. The molecule has 0 aromatic carbocycles. The molecule has 1 rings (SSSR count). The summed E-state index contributed by atoms with van der Waals surface area (Å²) in [5.41, 5.74) is 0. The third-order valence-corrected chi connectivity index (χ3v) is 1.53. The summed E-state index contributed by atoms with van der Waals surface area (Å²) in [7, 11) is 0. The molecular formula is C6H10N4O2. The predicted molar refractivity (Wildman–Crippen MR) is 38.4 cm³/mol. The van der Waals surface area contributed by atoms with Crippen LogP contribution in [-0.2, 0) is 4.84 Å². The van der Waals surface area contributed by atoms with Crippen molar-refractivity contribution in [2.45, 2.75) is 19.1 Å². The van der Waals surface area contributed by atoms with Crippen molar-refractivity contribution in [3.05, 3.63) is 0 Å². The van der Waals surface area contributed by atoms with E-state index in [1.165, 1.54) is 5.01 Å². The van der Waals surface area contributed by atoms with Gasteiger partial charge >= 0.3 is 0 Å². The van der Waals surface area contributed by atoms with Gasteiger partial charge in [-0.1, -0.05) is 0 Å². The second kappa shape index (κ2) is 4.51. The van der Waals surface area contributed by atoms with Crippen molar-refractivity contribution >= 4 is 0 Å². The lowest BCUT2D eigenvalue weighted by Crippen LogP contribution is -2.22. The maximum atomic E-state index is 9.20. The maximum Gasteiger partial charge on any atom is 0.204 e. The molecule has 0 spiro atoms. The largest absolute Gasteiger partial charge is 0.372 e. The van der Waals surface area contributed by atoms with Crippen LogP contribution in [0, 0.1) is 11.3 Å². The Morgan fingerprint density at radius 3 is 3.17 bits per heavy atom. The minimum atomic E-state index is -0.556. The Bertz CT molecular complexity index is 200. The maximum absolute atomic E-state index is 9.20. The number of rotatable bonds is 3. The Hall–Kier alpha value is -1.35. The summed E-state index contributed by atoms with van der Waals surface area (Å²) in [5.74, 6) is 0. The first-order valence-electron chi connectivity index (χ1n) is 3.69. The van der Waals surface area contributed by atoms with Gasteiger partial charge in [-0.3, -0.25) is 0 Å². The SMILES string of the molecule is N#CCO/N=N\N1CCCC1O. The molecule has 0 aromatic rings. The van der Waals surface area contributed by atoms with Gasteiger partial charge in [0.2, 0.25) is 6.61 Å². The van der Waals surface area contributed by atoms with Gasteiger partial charge in [0.1, 0.15) is 12.3 Å². The Balaban J connectivity index is 2.21. The molecule has 1 N–H and O–H groups in total. The molecule has 1 atom stereocenters. The second-order valence-corrected chi connectivity index (χ2v) is 2.39. The van der Waals surface area contributed by atoms with Crippen molar-refractivity contribution in [3.8, 4) is 6.07 Å². The Morgan fingerprint density at radius 1 is 1.75 bits per heavy atom. The van der Waals surface area contributed by atoms with E-state index in [2.05, 4.69) is 15.3 Å². The lowest BCUT2D eigenvalue weighted by molar-refractivity contribution is 0.0145. The predicted octanol–water partition coefficient (Wildman–Crippen LogP) is 0.223. The highest BCUT2D eigenvalue weighted by atomic mass is 16.6. The molecule has 6 heteroatoms. The van der Waals surface area contributed by atoms with Gasteiger partial charge in [-0.15, -0.1) is 0 Å². The lowest BCUT2D eigenvalue weighted by atomic mass is 10.4. The van der Waals surface area contributed by atoms with Crippen molar-refractivity contribution in [2.24, 2.45) is 10.5 Å². The summed E-state index contributed by atoms with van der Waals surface area (Å²) in [6, 6.07) is 1.75. The molecule has 1 saturated heterocycles. The van der Waals surface area contributed by atoms with Crippen LogP contribution in [0.25, 0.3) is 0 Å². The number of hydrogen-bond donors (Lipinski definition) is 1. The highest BCUT2D eigenvalue weighted by molar-refractivity contribution is 4.66. The normalized spacial score (nSPS) is 23.0. The molecular weight excluding hydrogens is 160 g/mol. The van der Waals surface area contributed by atoms with E-state index in [1.54, 1.807) is 6.07 Å². The summed E-state index contributed by atoms with van der Waals surface area (Å²) in [6.45, 7) is 0.564. The average Bonchev–Trinajstić information content (AvgIpc) is 2.46. The first kappa shape index (κ1) is 8.74. The molecule has 1 aliphatic heterocycles. The highest BCUT2D eigenvalue weighted by Gasteiger charge is 2.20. The minimum Gasteiger partial charge on any atom is -0.372 e. The first-order valence-corrected chi connectivity index (χ1v) is 3.69. The Morgan fingerprint density at radius 2 is 2.58 bits per heavy atom. The van der Waals surface area contributed by atoms with Gasteiger partial charge in [0, 0.05) is 11.8 Å². The summed E-state index contributed by atoms with van der Waals surface area (Å²) in [5, 5.41) is 25.5. The van der Waals surface area contributed by atoms with E-state index in [1.807, 2.05) is 0 Å². The van der Waals surface area contributed by atoms with E-state index in [0.717, 1.165) is 6.42 Å². The van der Waals surface area contributed by atoms with Crippen LogP contribution in [0.4, 0.5) is 0 Å². The molecule has 0 saturated carbocycles. The van der Waals surface area contributed by atoms with Crippen LogP contribution >= 0.6 is 0 Å². The van der Waals surface area contributed by atoms with Crippen LogP contribution in [-0.4, -0.2) is 29.5 Å². The van der Waals surface area contributed by atoms with Gasteiger partial charge in [-0.25, -0.2) is 5.01 Å². The Labute approximate surface area is 70.0 Å². The van der Waals surface area contributed by atoms with E-state index in [-0.39, 0.29) is 6.61 Å². The van der Waals surface area contributed by atoms with Crippen LogP contribution < -0.4 is 0 Å². The third kappa shape index (κ3) is 2.36. The van der Waals surface area contributed by atoms with Gasteiger partial charge in [-0.05, 0) is 18.1 Å². The van der Waals surface area contributed by atoms with Gasteiger partial charge in [0.05, 0.1) is 0 Å². The zero-order valence-electron chi connectivity index (χ0n) is 6.55. The second-order valence-electron chi connectivity index (χ2n) is 2.39. The molecule has 66 valence electrons. The molecule has 1 aliphatic rings. The fourth-order valence-electron chi connectivity index (χ4n) is 0.969.